The van der Waals surface area contributed by atoms with E-state index >= 15 is 0 Å². The van der Waals surface area contributed by atoms with Gasteiger partial charge in [0, 0.05) is 118 Å². The number of carbonyl (C=O) groups excluding carboxylic acids is 2. The Morgan fingerprint density at radius 1 is 0.348 bits per heavy atom. The van der Waals surface area contributed by atoms with Crippen LogP contribution < -0.4 is 0 Å². The van der Waals surface area contributed by atoms with Crippen molar-refractivity contribution in [2.45, 2.75) is 203 Å². The van der Waals surface area contributed by atoms with Gasteiger partial charge in [0.15, 0.2) is 0 Å². The molecule has 0 aliphatic rings. The minimum Gasteiger partial charge on any atom is -0.511 e. The number of aliphatic hydroxyl groups is 4. The molecule has 0 heterocycles. The molecule has 0 spiro atoms. The van der Waals surface area contributed by atoms with E-state index in [0.29, 0.717) is 26.4 Å². The number of hydrogen-bond donors (Lipinski definition) is 4. The van der Waals surface area contributed by atoms with Crippen molar-refractivity contribution in [3.63, 3.8) is 0 Å². The molecule has 448 valence electrons. The Hall–Kier alpha value is 0.884. The third kappa shape index (κ3) is 428. The largest absolute Gasteiger partial charge is 0.511 e. The van der Waals surface area contributed by atoms with Crippen LogP contribution >= 0.6 is 0 Å². The van der Waals surface area contributed by atoms with Gasteiger partial charge in [0.25, 0.3) is 0 Å². The van der Waals surface area contributed by atoms with E-state index in [0.717, 1.165) is 26.1 Å². The number of methoxy groups -OCH3 is 6. The van der Waals surface area contributed by atoms with Crippen LogP contribution in [0.1, 0.15) is 190 Å². The first kappa shape index (κ1) is 239. The van der Waals surface area contributed by atoms with Crippen LogP contribution in [0.15, 0.2) is 0 Å². The van der Waals surface area contributed by atoms with Crippen molar-refractivity contribution in [2.24, 2.45) is 0 Å². The third-order valence-corrected chi connectivity index (χ3v) is 2.80. The Bertz CT molecular complexity index is 298. The van der Waals surface area contributed by atoms with Crippen LogP contribution in [0, 0.1) is 76.4 Å². The maximum Gasteiger partial charge on any atom is 0.241 e. The van der Waals surface area contributed by atoms with E-state index < -0.39 is 13.0 Å². The van der Waals surface area contributed by atoms with Crippen molar-refractivity contribution < 1.29 is 140 Å². The Morgan fingerprint density at radius 3 is 0.545 bits per heavy atom. The third-order valence-electron chi connectivity index (χ3n) is 2.80. The summed E-state index contributed by atoms with van der Waals surface area (Å²) in [5.41, 5.74) is 0. The fraction of sp³-hybridized carbons (Fsp3) is 0.917. The van der Waals surface area contributed by atoms with E-state index in [1.165, 1.54) is 28.4 Å². The summed E-state index contributed by atoms with van der Waals surface area (Å²) in [5, 5.41) is 32.2. The summed E-state index contributed by atoms with van der Waals surface area (Å²) in [6.45, 7) is 10.7. The average molecular weight is 1460 g/mol. The molecule has 16 nitrogen and oxygen atoms in total. The predicted octanol–water partition coefficient (Wildman–Crippen LogP) is 14.4. The van der Waals surface area contributed by atoms with Gasteiger partial charge in [-0.15, -0.1) is 0 Å². The number of aliphatic hydroxyl groups excluding tert-OH is 4. The number of carbonyl (C=O) groups is 2. The first-order valence-electron chi connectivity index (χ1n) is 12.4. The second kappa shape index (κ2) is 332. The smallest absolute Gasteiger partial charge is 0.241 e. The molecule has 18 heteroatoms. The maximum atomic E-state index is 8.17. The van der Waals surface area contributed by atoms with Crippen LogP contribution in [-0.4, -0.2) is 156 Å². The minimum absolute atomic E-state index is 0. The molecule has 0 amide bonds. The van der Waals surface area contributed by atoms with Gasteiger partial charge < -0.3 is 77.4 Å². The maximum absolute atomic E-state index is 8.17. The molecule has 0 saturated carbocycles. The van der Waals surface area contributed by atoms with Crippen molar-refractivity contribution in [1.29, 1.82) is 0 Å². The van der Waals surface area contributed by atoms with E-state index in [1.807, 2.05) is 27.4 Å². The molecule has 0 aromatic heterocycles. The monoisotopic (exact) mass is 1460 g/mol. The SMILES string of the molecule is C.C.C.C.C.C.C.C.C.C.C.C.C.C.C.C.C.C.C.C.C.C.C=O.C=O.CCCOCCO.CCCOCCO.COCCO.COCCO.[CH2-]OC(OC)OC.[CH2-]OC(OC)OC.[U].[U]. The summed E-state index contributed by atoms with van der Waals surface area (Å²) in [6.07, 6.45) is 2.06. The van der Waals surface area contributed by atoms with Gasteiger partial charge in [0.2, 0.25) is 13.0 Å². The van der Waals surface area contributed by atoms with Crippen molar-refractivity contribution in [3.05, 3.63) is 14.2 Å². The van der Waals surface area contributed by atoms with Gasteiger partial charge in [-0.1, -0.05) is 177 Å². The number of rotatable bonds is 18. The second-order valence-corrected chi connectivity index (χ2v) is 5.96. The zero-order chi connectivity index (χ0) is 34.7. The van der Waals surface area contributed by atoms with Gasteiger partial charge in [-0.25, -0.2) is 14.2 Å². The number of ether oxygens (including phenoxy) is 10. The van der Waals surface area contributed by atoms with Gasteiger partial charge in [-0.05, 0) is 12.8 Å². The zero-order valence-electron chi connectivity index (χ0n) is 28.2. The predicted molar refractivity (Wildman–Crippen MR) is 305 cm³/mol. The molecule has 0 aromatic rings. The molecule has 0 radical (unpaired) electrons. The number of hydrogen-bond acceptors (Lipinski definition) is 16. The molecule has 0 bridgehead atoms. The molecule has 0 atom stereocenters. The normalized spacial score (nSPS) is 5.58. The van der Waals surface area contributed by atoms with Crippen LogP contribution in [0.3, 0.4) is 0 Å². The molecule has 0 aromatic carbocycles. The summed E-state index contributed by atoms with van der Waals surface area (Å²) in [5.74, 6) is 0. The molecule has 4 N–H and O–H groups in total. The van der Waals surface area contributed by atoms with Crippen molar-refractivity contribution in [3.8, 4) is 0 Å². The quantitative estimate of drug-likeness (QED) is 0.0572. The van der Waals surface area contributed by atoms with Crippen molar-refractivity contribution >= 4 is 13.6 Å². The Kier molecular flexibility index (Phi) is 1200. The molecule has 0 aliphatic heterocycles. The topological polar surface area (TPSA) is 207 Å². The second-order valence-electron chi connectivity index (χ2n) is 5.96. The van der Waals surface area contributed by atoms with Crippen LogP contribution in [0.5, 0.6) is 0 Å². The first-order chi connectivity index (χ1) is 20.3. The van der Waals surface area contributed by atoms with Crippen LogP contribution in [0.2, 0.25) is 0 Å². The van der Waals surface area contributed by atoms with Crippen LogP contribution in [-0.2, 0) is 57.0 Å². The van der Waals surface area contributed by atoms with Gasteiger partial charge in [-0.2, -0.15) is 0 Å². The summed E-state index contributed by atoms with van der Waals surface area (Å²) in [4.78, 5) is 16.0. The summed E-state index contributed by atoms with van der Waals surface area (Å²) in [7, 11) is 15.1. The van der Waals surface area contributed by atoms with Gasteiger partial charge in [0.1, 0.15) is 13.6 Å². The summed E-state index contributed by atoms with van der Waals surface area (Å²) < 4.78 is 45.5. The fourth-order valence-electron chi connectivity index (χ4n) is 1.27. The average Bonchev–Trinajstić information content (AvgIpc) is 3.04. The van der Waals surface area contributed by atoms with Gasteiger partial charge in [-0.3, -0.25) is 0 Å². The molecule has 66 heavy (non-hydrogen) atoms. The molecule has 0 unspecified atom stereocenters. The Balaban J connectivity index is -0.00000000645. The van der Waals surface area contributed by atoms with Crippen LogP contribution in [0.4, 0.5) is 0 Å². The standard InChI is InChI=1S/2C5H12O2.2C4H9O3.2C3H8O2.2CH2O.22CH4.2U/c2*1-2-4-7-5-3-6;2*1-5-4(6-2)7-3;2*1-5-3-2-4;2*1-2;;;;;;;;;;;;;;;;;;;;;;;;/h2*6H,2-5H2,1H3;2*4H,1H2,2-3H3;2*4H,2-3H2,1H3;2*1H2;22*1H4;;/q;;2*-1;;;;;;;;;;;;;;;;;;;;;;;;;;;;. The van der Waals surface area contributed by atoms with E-state index in [9.17, 15) is 0 Å². The van der Waals surface area contributed by atoms with Gasteiger partial charge in [0.05, 0.1) is 52.9 Å². The zero-order valence-corrected chi connectivity index (χ0v) is 36.5. The Labute approximate surface area is 475 Å². The van der Waals surface area contributed by atoms with E-state index in [1.54, 1.807) is 14.2 Å². The van der Waals surface area contributed by atoms with Gasteiger partial charge >= 0.3 is 0 Å². The molecule has 0 fully saturated rings. The van der Waals surface area contributed by atoms with E-state index in [4.69, 9.17) is 39.5 Å². The first-order valence-corrected chi connectivity index (χ1v) is 12.4. The molecular weight excluding hydrogens is 1310 g/mol. The molecule has 0 aliphatic carbocycles. The Morgan fingerprint density at radius 2 is 0.500 bits per heavy atom. The summed E-state index contributed by atoms with van der Waals surface area (Å²) >= 11 is 0. The van der Waals surface area contributed by atoms with E-state index in [2.05, 4.69) is 52.1 Å². The van der Waals surface area contributed by atoms with Crippen molar-refractivity contribution in [2.75, 3.05) is 109 Å². The summed E-state index contributed by atoms with van der Waals surface area (Å²) in [6, 6.07) is 0. The van der Waals surface area contributed by atoms with Crippen LogP contribution in [0.25, 0.3) is 0 Å². The minimum atomic E-state index is -0.625. The van der Waals surface area contributed by atoms with Crippen molar-refractivity contribution in [1.82, 2.24) is 0 Å². The fourth-order valence-corrected chi connectivity index (χ4v) is 1.27. The molecule has 0 rings (SSSR count). The van der Waals surface area contributed by atoms with E-state index in [-0.39, 0.29) is 252 Å². The molecule has 0 saturated heterocycles. The molecular formula is C48H150O16U2-2.